The third kappa shape index (κ3) is 4.11. The van der Waals surface area contributed by atoms with Crippen molar-refractivity contribution in [1.82, 2.24) is 4.90 Å². The molecule has 1 fully saturated rings. The van der Waals surface area contributed by atoms with Gasteiger partial charge in [0.15, 0.2) is 0 Å². The van der Waals surface area contributed by atoms with Crippen LogP contribution >= 0.6 is 0 Å². The Labute approximate surface area is 153 Å². The van der Waals surface area contributed by atoms with E-state index in [1.807, 2.05) is 38.1 Å². The van der Waals surface area contributed by atoms with E-state index in [0.717, 1.165) is 11.1 Å². The minimum atomic E-state index is -0.955. The molecule has 2 aromatic carbocycles. The number of carbonyl (C=O) groups excluding carboxylic acids is 2. The second-order valence-electron chi connectivity index (χ2n) is 6.43. The minimum Gasteiger partial charge on any atom is -0.444 e. The zero-order valence-corrected chi connectivity index (χ0v) is 15.1. The van der Waals surface area contributed by atoms with Crippen molar-refractivity contribution >= 4 is 11.9 Å². The first-order chi connectivity index (χ1) is 12.6. The van der Waals surface area contributed by atoms with E-state index >= 15 is 0 Å². The third-order valence-electron chi connectivity index (χ3n) is 4.62. The van der Waals surface area contributed by atoms with Gasteiger partial charge in [0.25, 0.3) is 5.91 Å². The van der Waals surface area contributed by atoms with Crippen molar-refractivity contribution in [2.75, 3.05) is 26.3 Å². The van der Waals surface area contributed by atoms with Crippen molar-refractivity contribution in [3.63, 3.8) is 0 Å². The van der Waals surface area contributed by atoms with Crippen LogP contribution in [0.15, 0.2) is 48.5 Å². The van der Waals surface area contributed by atoms with Gasteiger partial charge in [0.2, 0.25) is 6.10 Å². The summed E-state index contributed by atoms with van der Waals surface area (Å²) in [6, 6.07) is 14.5. The fourth-order valence-electron chi connectivity index (χ4n) is 2.88. The summed E-state index contributed by atoms with van der Waals surface area (Å²) in [5.41, 5.74) is 3.23. The Kier molecular flexibility index (Phi) is 5.68. The van der Waals surface area contributed by atoms with Crippen LogP contribution in [0.2, 0.25) is 0 Å². The number of benzene rings is 2. The fraction of sp³-hybridized carbons (Fsp3) is 0.333. The van der Waals surface area contributed by atoms with Gasteiger partial charge in [-0.25, -0.2) is 4.79 Å². The average molecular weight is 353 g/mol. The molecule has 26 heavy (non-hydrogen) atoms. The lowest BCUT2D eigenvalue weighted by Crippen LogP contribution is -2.44. The number of amides is 1. The van der Waals surface area contributed by atoms with Crippen LogP contribution in [0.25, 0.3) is 0 Å². The van der Waals surface area contributed by atoms with Crippen LogP contribution in [0.1, 0.15) is 33.2 Å². The molecular formula is C21H23NO4. The molecule has 1 saturated heterocycles. The molecule has 5 heteroatoms. The van der Waals surface area contributed by atoms with Crippen molar-refractivity contribution in [2.45, 2.75) is 20.0 Å². The molecule has 2 aromatic rings. The highest BCUT2D eigenvalue weighted by molar-refractivity contribution is 5.93. The van der Waals surface area contributed by atoms with Gasteiger partial charge in [-0.05, 0) is 37.1 Å². The van der Waals surface area contributed by atoms with Gasteiger partial charge in [0.05, 0.1) is 18.8 Å². The Bertz CT molecular complexity index is 782. The van der Waals surface area contributed by atoms with Crippen molar-refractivity contribution in [3.05, 3.63) is 70.8 Å². The van der Waals surface area contributed by atoms with Crippen LogP contribution in [0.4, 0.5) is 0 Å². The lowest BCUT2D eigenvalue weighted by molar-refractivity contribution is -0.145. The molecule has 1 aliphatic heterocycles. The molecule has 1 aliphatic rings. The van der Waals surface area contributed by atoms with Gasteiger partial charge in [-0.2, -0.15) is 0 Å². The molecular weight excluding hydrogens is 330 g/mol. The number of morpholine rings is 1. The smallest absolute Gasteiger partial charge is 0.339 e. The number of rotatable bonds is 4. The molecule has 0 N–H and O–H groups in total. The lowest BCUT2D eigenvalue weighted by Gasteiger charge is -2.30. The van der Waals surface area contributed by atoms with Gasteiger partial charge >= 0.3 is 5.97 Å². The normalized spacial score (nSPS) is 15.4. The van der Waals surface area contributed by atoms with Gasteiger partial charge in [-0.1, -0.05) is 36.4 Å². The maximum Gasteiger partial charge on any atom is 0.339 e. The highest BCUT2D eigenvalue weighted by Crippen LogP contribution is 2.23. The molecule has 3 rings (SSSR count). The van der Waals surface area contributed by atoms with E-state index in [0.29, 0.717) is 37.4 Å². The van der Waals surface area contributed by atoms with Crippen LogP contribution in [0.3, 0.4) is 0 Å². The molecule has 136 valence electrons. The SMILES string of the molecule is Cc1ccc(C(=O)O[C@H](C(=O)N2CCOCC2)c2ccccc2)cc1C. The molecule has 1 heterocycles. The van der Waals surface area contributed by atoms with Crippen LogP contribution in [0, 0.1) is 13.8 Å². The Hall–Kier alpha value is -2.66. The first-order valence-electron chi connectivity index (χ1n) is 8.76. The van der Waals surface area contributed by atoms with Crippen LogP contribution in [-0.2, 0) is 14.3 Å². The third-order valence-corrected chi connectivity index (χ3v) is 4.62. The Morgan fingerprint density at radius 2 is 1.69 bits per heavy atom. The number of aryl methyl sites for hydroxylation is 2. The van der Waals surface area contributed by atoms with E-state index < -0.39 is 12.1 Å². The largest absolute Gasteiger partial charge is 0.444 e. The van der Waals surface area contributed by atoms with Crippen molar-refractivity contribution in [3.8, 4) is 0 Å². The minimum absolute atomic E-state index is 0.211. The van der Waals surface area contributed by atoms with Gasteiger partial charge in [0, 0.05) is 18.7 Å². The number of hydrogen-bond acceptors (Lipinski definition) is 4. The maximum absolute atomic E-state index is 13.0. The molecule has 0 aromatic heterocycles. The quantitative estimate of drug-likeness (QED) is 0.793. The van der Waals surface area contributed by atoms with Gasteiger partial charge in [0.1, 0.15) is 0 Å². The van der Waals surface area contributed by atoms with E-state index in [-0.39, 0.29) is 5.91 Å². The Morgan fingerprint density at radius 3 is 2.35 bits per heavy atom. The summed E-state index contributed by atoms with van der Waals surface area (Å²) in [6.07, 6.45) is -0.955. The number of carbonyl (C=O) groups is 2. The number of nitrogens with zero attached hydrogens (tertiary/aromatic N) is 1. The van der Waals surface area contributed by atoms with E-state index in [1.54, 1.807) is 29.2 Å². The Morgan fingerprint density at radius 1 is 1.00 bits per heavy atom. The molecule has 0 radical (unpaired) electrons. The van der Waals surface area contributed by atoms with Crippen LogP contribution < -0.4 is 0 Å². The van der Waals surface area contributed by atoms with E-state index in [2.05, 4.69) is 0 Å². The summed E-state index contributed by atoms with van der Waals surface area (Å²) in [7, 11) is 0. The second kappa shape index (κ2) is 8.15. The molecule has 0 spiro atoms. The zero-order valence-electron chi connectivity index (χ0n) is 15.1. The summed E-state index contributed by atoms with van der Waals surface area (Å²) >= 11 is 0. The Balaban J connectivity index is 1.84. The highest BCUT2D eigenvalue weighted by atomic mass is 16.5. The monoisotopic (exact) mass is 353 g/mol. The summed E-state index contributed by atoms with van der Waals surface area (Å²) in [5, 5.41) is 0. The van der Waals surface area contributed by atoms with Gasteiger partial charge < -0.3 is 14.4 Å². The molecule has 0 unspecified atom stereocenters. The number of hydrogen-bond donors (Lipinski definition) is 0. The summed E-state index contributed by atoms with van der Waals surface area (Å²) in [4.78, 5) is 27.3. The average Bonchev–Trinajstić information content (AvgIpc) is 2.69. The summed E-state index contributed by atoms with van der Waals surface area (Å²) in [6.45, 7) is 5.93. The van der Waals surface area contributed by atoms with Crippen molar-refractivity contribution < 1.29 is 19.1 Å². The zero-order chi connectivity index (χ0) is 18.5. The first kappa shape index (κ1) is 18.1. The molecule has 0 aliphatic carbocycles. The molecule has 1 amide bonds. The molecule has 0 saturated carbocycles. The van der Waals surface area contributed by atoms with Crippen LogP contribution in [0.5, 0.6) is 0 Å². The summed E-state index contributed by atoms with van der Waals surface area (Å²) in [5.74, 6) is -0.708. The van der Waals surface area contributed by atoms with Crippen molar-refractivity contribution in [2.24, 2.45) is 0 Å². The standard InChI is InChI=1S/C21H23NO4/c1-15-8-9-18(14-16(15)2)21(24)26-19(17-6-4-3-5-7-17)20(23)22-10-12-25-13-11-22/h3-9,14,19H,10-13H2,1-2H3/t19-/m0/s1. The summed E-state index contributed by atoms with van der Waals surface area (Å²) < 4.78 is 11.0. The number of ether oxygens (including phenoxy) is 2. The highest BCUT2D eigenvalue weighted by Gasteiger charge is 2.30. The topological polar surface area (TPSA) is 55.8 Å². The lowest BCUT2D eigenvalue weighted by atomic mass is 10.1. The van der Waals surface area contributed by atoms with Crippen molar-refractivity contribution in [1.29, 1.82) is 0 Å². The van der Waals surface area contributed by atoms with E-state index in [9.17, 15) is 9.59 Å². The molecule has 5 nitrogen and oxygen atoms in total. The van der Waals surface area contributed by atoms with E-state index in [1.165, 1.54) is 0 Å². The predicted molar refractivity (Wildman–Crippen MR) is 97.9 cm³/mol. The van der Waals surface area contributed by atoms with Gasteiger partial charge in [-0.15, -0.1) is 0 Å². The predicted octanol–water partition coefficient (Wildman–Crippen LogP) is 3.06. The molecule has 1 atom stereocenters. The van der Waals surface area contributed by atoms with Crippen LogP contribution in [-0.4, -0.2) is 43.1 Å². The maximum atomic E-state index is 13.0. The van der Waals surface area contributed by atoms with Gasteiger partial charge in [-0.3, -0.25) is 4.79 Å². The molecule has 0 bridgehead atoms. The fourth-order valence-corrected chi connectivity index (χ4v) is 2.88. The first-order valence-corrected chi connectivity index (χ1v) is 8.76. The van der Waals surface area contributed by atoms with E-state index in [4.69, 9.17) is 9.47 Å². The number of esters is 1. The second-order valence-corrected chi connectivity index (χ2v) is 6.43.